The van der Waals surface area contributed by atoms with Gasteiger partial charge in [0.05, 0.1) is 6.42 Å². The molecule has 21 heavy (non-hydrogen) atoms. The number of carboxylic acids is 1. The van der Waals surface area contributed by atoms with Gasteiger partial charge in [-0.15, -0.1) is 0 Å². The standard InChI is InChI=1S/C17H29NO3/c1-2-13-5-7-14(8-6-13)18-15(19)11-17(12-16(20)21)9-3-4-10-17/h13-14H,2-12H2,1H3,(H,18,19)(H,20,21). The van der Waals surface area contributed by atoms with E-state index in [2.05, 4.69) is 12.2 Å². The second-order valence-corrected chi connectivity index (χ2v) is 7.15. The molecule has 0 unspecified atom stereocenters. The highest BCUT2D eigenvalue weighted by Crippen LogP contribution is 2.44. The van der Waals surface area contributed by atoms with E-state index in [1.54, 1.807) is 0 Å². The Kier molecular flexibility index (Phi) is 5.65. The molecule has 2 aliphatic carbocycles. The van der Waals surface area contributed by atoms with E-state index in [1.165, 1.54) is 19.3 Å². The van der Waals surface area contributed by atoms with Crippen LogP contribution in [0.2, 0.25) is 0 Å². The number of amides is 1. The topological polar surface area (TPSA) is 66.4 Å². The first-order chi connectivity index (χ1) is 10.0. The van der Waals surface area contributed by atoms with Crippen LogP contribution in [-0.2, 0) is 9.59 Å². The Morgan fingerprint density at radius 3 is 2.24 bits per heavy atom. The van der Waals surface area contributed by atoms with Gasteiger partial charge in [-0.25, -0.2) is 0 Å². The third-order valence-electron chi connectivity index (χ3n) is 5.52. The van der Waals surface area contributed by atoms with Crippen LogP contribution in [0.3, 0.4) is 0 Å². The van der Waals surface area contributed by atoms with Gasteiger partial charge in [0.2, 0.25) is 5.91 Å². The van der Waals surface area contributed by atoms with Crippen molar-refractivity contribution in [1.82, 2.24) is 5.32 Å². The van der Waals surface area contributed by atoms with E-state index in [0.717, 1.165) is 44.4 Å². The van der Waals surface area contributed by atoms with E-state index in [9.17, 15) is 9.59 Å². The summed E-state index contributed by atoms with van der Waals surface area (Å²) in [6, 6.07) is 0.309. The lowest BCUT2D eigenvalue weighted by Crippen LogP contribution is -2.40. The molecule has 0 saturated heterocycles. The van der Waals surface area contributed by atoms with E-state index < -0.39 is 5.97 Å². The van der Waals surface area contributed by atoms with Crippen molar-refractivity contribution in [1.29, 1.82) is 0 Å². The summed E-state index contributed by atoms with van der Waals surface area (Å²) >= 11 is 0. The molecule has 0 bridgehead atoms. The van der Waals surface area contributed by atoms with Crippen LogP contribution in [0.25, 0.3) is 0 Å². The van der Waals surface area contributed by atoms with Crippen molar-refractivity contribution < 1.29 is 14.7 Å². The van der Waals surface area contributed by atoms with Gasteiger partial charge in [-0.1, -0.05) is 26.2 Å². The quantitative estimate of drug-likeness (QED) is 0.788. The highest BCUT2D eigenvalue weighted by molar-refractivity contribution is 5.78. The Morgan fingerprint density at radius 2 is 1.71 bits per heavy atom. The molecule has 0 atom stereocenters. The van der Waals surface area contributed by atoms with E-state index in [-0.39, 0.29) is 17.7 Å². The van der Waals surface area contributed by atoms with Gasteiger partial charge in [-0.2, -0.15) is 0 Å². The second kappa shape index (κ2) is 7.28. The molecule has 0 aliphatic heterocycles. The summed E-state index contributed by atoms with van der Waals surface area (Å²) in [5.41, 5.74) is -0.281. The monoisotopic (exact) mass is 295 g/mol. The fourth-order valence-corrected chi connectivity index (χ4v) is 4.20. The second-order valence-electron chi connectivity index (χ2n) is 7.15. The van der Waals surface area contributed by atoms with Gasteiger partial charge in [0.1, 0.15) is 0 Å². The molecule has 0 radical (unpaired) electrons. The number of nitrogens with one attached hydrogen (secondary N) is 1. The Balaban J connectivity index is 1.81. The summed E-state index contributed by atoms with van der Waals surface area (Å²) in [4.78, 5) is 23.4. The molecule has 2 fully saturated rings. The molecule has 4 nitrogen and oxygen atoms in total. The number of rotatable bonds is 6. The zero-order valence-electron chi connectivity index (χ0n) is 13.2. The highest BCUT2D eigenvalue weighted by Gasteiger charge is 2.38. The average Bonchev–Trinajstić information content (AvgIpc) is 2.86. The Morgan fingerprint density at radius 1 is 1.10 bits per heavy atom. The van der Waals surface area contributed by atoms with Crippen molar-refractivity contribution in [2.75, 3.05) is 0 Å². The SMILES string of the molecule is CCC1CCC(NC(=O)CC2(CC(=O)O)CCCC2)CC1. The van der Waals surface area contributed by atoms with Crippen LogP contribution < -0.4 is 5.32 Å². The van der Waals surface area contributed by atoms with Crippen LogP contribution in [-0.4, -0.2) is 23.0 Å². The molecule has 2 saturated carbocycles. The molecule has 1 amide bonds. The number of aliphatic carboxylic acids is 1. The van der Waals surface area contributed by atoms with E-state index >= 15 is 0 Å². The van der Waals surface area contributed by atoms with E-state index in [1.807, 2.05) is 0 Å². The zero-order valence-corrected chi connectivity index (χ0v) is 13.2. The Hall–Kier alpha value is -1.06. The Labute approximate surface area is 127 Å². The molecule has 120 valence electrons. The van der Waals surface area contributed by atoms with Crippen LogP contribution >= 0.6 is 0 Å². The number of hydrogen-bond donors (Lipinski definition) is 2. The van der Waals surface area contributed by atoms with Gasteiger partial charge in [0.25, 0.3) is 0 Å². The third-order valence-corrected chi connectivity index (χ3v) is 5.52. The summed E-state index contributed by atoms with van der Waals surface area (Å²) in [7, 11) is 0. The predicted molar refractivity (Wildman–Crippen MR) is 82.0 cm³/mol. The van der Waals surface area contributed by atoms with Crippen molar-refractivity contribution in [3.05, 3.63) is 0 Å². The lowest BCUT2D eigenvalue weighted by atomic mass is 9.79. The van der Waals surface area contributed by atoms with Crippen molar-refractivity contribution in [2.24, 2.45) is 11.3 Å². The van der Waals surface area contributed by atoms with Gasteiger partial charge in [-0.3, -0.25) is 9.59 Å². The largest absolute Gasteiger partial charge is 0.481 e. The third kappa shape index (κ3) is 4.72. The van der Waals surface area contributed by atoms with Crippen molar-refractivity contribution in [3.8, 4) is 0 Å². The normalized spacial score (nSPS) is 28.2. The van der Waals surface area contributed by atoms with Crippen LogP contribution in [0, 0.1) is 11.3 Å². The Bertz CT molecular complexity index is 366. The van der Waals surface area contributed by atoms with Crippen molar-refractivity contribution in [3.63, 3.8) is 0 Å². The maximum Gasteiger partial charge on any atom is 0.303 e. The van der Waals surface area contributed by atoms with Gasteiger partial charge in [-0.05, 0) is 49.9 Å². The van der Waals surface area contributed by atoms with Crippen molar-refractivity contribution >= 4 is 11.9 Å². The molecule has 4 heteroatoms. The fraction of sp³-hybridized carbons (Fsp3) is 0.882. The molecule has 2 rings (SSSR count). The molecule has 2 N–H and O–H groups in total. The number of carbonyl (C=O) groups is 2. The molecule has 0 heterocycles. The smallest absolute Gasteiger partial charge is 0.303 e. The molecule has 0 aromatic rings. The first-order valence-electron chi connectivity index (χ1n) is 8.54. The molecule has 0 aromatic heterocycles. The van der Waals surface area contributed by atoms with Crippen LogP contribution in [0.4, 0.5) is 0 Å². The maximum atomic E-state index is 12.3. The number of carboxylic acid groups (broad SMARTS) is 1. The molecule has 0 aromatic carbocycles. The molecular formula is C17H29NO3. The summed E-state index contributed by atoms with van der Waals surface area (Å²) in [5.74, 6) is 0.123. The van der Waals surface area contributed by atoms with Gasteiger partial charge in [0, 0.05) is 12.5 Å². The molecular weight excluding hydrogens is 266 g/mol. The summed E-state index contributed by atoms with van der Waals surface area (Å²) < 4.78 is 0. The predicted octanol–water partition coefficient (Wildman–Crippen LogP) is 3.50. The first-order valence-corrected chi connectivity index (χ1v) is 8.54. The first kappa shape index (κ1) is 16.3. The lowest BCUT2D eigenvalue weighted by molar-refractivity contribution is -0.140. The minimum absolute atomic E-state index is 0.0677. The maximum absolute atomic E-state index is 12.3. The van der Waals surface area contributed by atoms with Crippen molar-refractivity contribution in [2.45, 2.75) is 83.6 Å². The summed E-state index contributed by atoms with van der Waals surface area (Å²) in [5, 5.41) is 12.3. The van der Waals surface area contributed by atoms with Gasteiger partial charge >= 0.3 is 5.97 Å². The highest BCUT2D eigenvalue weighted by atomic mass is 16.4. The molecule has 2 aliphatic rings. The fourth-order valence-electron chi connectivity index (χ4n) is 4.20. The molecule has 0 spiro atoms. The van der Waals surface area contributed by atoms with Gasteiger partial charge < -0.3 is 10.4 Å². The number of hydrogen-bond acceptors (Lipinski definition) is 2. The number of carbonyl (C=O) groups excluding carboxylic acids is 1. The summed E-state index contributed by atoms with van der Waals surface area (Å²) in [6.07, 6.45) is 10.2. The summed E-state index contributed by atoms with van der Waals surface area (Å²) in [6.45, 7) is 2.24. The van der Waals surface area contributed by atoms with E-state index in [4.69, 9.17) is 5.11 Å². The van der Waals surface area contributed by atoms with Crippen LogP contribution in [0.5, 0.6) is 0 Å². The van der Waals surface area contributed by atoms with Crippen LogP contribution in [0.1, 0.15) is 77.6 Å². The van der Waals surface area contributed by atoms with E-state index in [0.29, 0.717) is 12.5 Å². The lowest BCUT2D eigenvalue weighted by Gasteiger charge is -2.31. The zero-order chi connectivity index (χ0) is 15.3. The average molecular weight is 295 g/mol. The van der Waals surface area contributed by atoms with Gasteiger partial charge in [0.15, 0.2) is 0 Å². The minimum atomic E-state index is -0.770. The van der Waals surface area contributed by atoms with Crippen LogP contribution in [0.15, 0.2) is 0 Å². The minimum Gasteiger partial charge on any atom is -0.481 e.